The number of rotatable bonds is 11. The molecule has 37 heavy (non-hydrogen) atoms. The van der Waals surface area contributed by atoms with Gasteiger partial charge in [0.15, 0.2) is 5.78 Å². The highest BCUT2D eigenvalue weighted by Crippen LogP contribution is 2.37. The molecule has 0 amide bonds. The van der Waals surface area contributed by atoms with Crippen molar-refractivity contribution in [2.45, 2.75) is 49.4 Å². The Morgan fingerprint density at radius 2 is 1.65 bits per heavy atom. The zero-order valence-electron chi connectivity index (χ0n) is 20.9. The third-order valence-electron chi connectivity index (χ3n) is 5.68. The van der Waals surface area contributed by atoms with Crippen LogP contribution in [0.5, 0.6) is 5.75 Å². The van der Waals surface area contributed by atoms with Crippen LogP contribution in [0.15, 0.2) is 82.7 Å². The van der Waals surface area contributed by atoms with E-state index in [1.165, 1.54) is 11.8 Å². The Hall–Kier alpha value is -2.77. The standard InChI is InChI=1S/C29H28Cl2N2O3S/c1-19(2)28-29(37-25-14-22(30)13-23(31)15-25)33(16-26(34)21-7-5-4-6-8-21)27(32-28)18-36-17-20-9-11-24(35-3)12-10-20/h4-15,19H,16-18H2,1-3H3. The number of Topliss-reactive ketones (excluding diaryl/α,β-unsaturated/α-hetero) is 1. The maximum atomic E-state index is 13.3. The van der Waals surface area contributed by atoms with Crippen molar-refractivity contribution in [1.82, 2.24) is 9.55 Å². The van der Waals surface area contributed by atoms with Gasteiger partial charge >= 0.3 is 0 Å². The van der Waals surface area contributed by atoms with Crippen molar-refractivity contribution in [3.63, 3.8) is 0 Å². The summed E-state index contributed by atoms with van der Waals surface area (Å²) in [5.74, 6) is 1.61. The Balaban J connectivity index is 1.66. The van der Waals surface area contributed by atoms with Crippen LogP contribution in [0.1, 0.15) is 47.2 Å². The second-order valence-corrected chi connectivity index (χ2v) is 10.7. The van der Waals surface area contributed by atoms with Gasteiger partial charge in [-0.25, -0.2) is 4.98 Å². The summed E-state index contributed by atoms with van der Waals surface area (Å²) in [5.41, 5.74) is 2.56. The maximum Gasteiger partial charge on any atom is 0.182 e. The van der Waals surface area contributed by atoms with Gasteiger partial charge in [-0.1, -0.05) is 91.3 Å². The molecule has 0 aliphatic rings. The molecule has 0 radical (unpaired) electrons. The molecule has 0 fully saturated rings. The molecule has 3 aromatic carbocycles. The molecule has 0 saturated carbocycles. The lowest BCUT2D eigenvalue weighted by Crippen LogP contribution is -2.15. The number of aromatic nitrogens is 2. The molecule has 0 spiro atoms. The summed E-state index contributed by atoms with van der Waals surface area (Å²) in [7, 11) is 1.64. The number of ketones is 1. The van der Waals surface area contributed by atoms with E-state index in [9.17, 15) is 4.79 Å². The summed E-state index contributed by atoms with van der Waals surface area (Å²) in [4.78, 5) is 19.1. The van der Waals surface area contributed by atoms with Crippen molar-refractivity contribution in [2.75, 3.05) is 7.11 Å². The molecule has 0 bridgehead atoms. The van der Waals surface area contributed by atoms with Gasteiger partial charge in [0.1, 0.15) is 23.2 Å². The van der Waals surface area contributed by atoms with Crippen molar-refractivity contribution < 1.29 is 14.3 Å². The normalized spacial score (nSPS) is 11.2. The highest BCUT2D eigenvalue weighted by Gasteiger charge is 2.23. The van der Waals surface area contributed by atoms with Crippen molar-refractivity contribution in [3.8, 4) is 5.75 Å². The molecule has 0 unspecified atom stereocenters. The molecule has 0 N–H and O–H groups in total. The fourth-order valence-corrected chi connectivity index (χ4v) is 5.72. The number of imidazole rings is 1. The zero-order valence-corrected chi connectivity index (χ0v) is 23.2. The van der Waals surface area contributed by atoms with Crippen molar-refractivity contribution >= 4 is 40.7 Å². The largest absolute Gasteiger partial charge is 0.497 e. The topological polar surface area (TPSA) is 53.4 Å². The maximum absolute atomic E-state index is 13.3. The smallest absolute Gasteiger partial charge is 0.182 e. The molecule has 0 aliphatic carbocycles. The molecule has 0 aliphatic heterocycles. The minimum atomic E-state index is -0.00399. The number of hydrogen-bond donors (Lipinski definition) is 0. The molecule has 0 saturated heterocycles. The highest BCUT2D eigenvalue weighted by atomic mass is 35.5. The first-order valence-corrected chi connectivity index (χ1v) is 13.4. The van der Waals surface area contributed by atoms with Crippen LogP contribution >= 0.6 is 35.0 Å². The van der Waals surface area contributed by atoms with Gasteiger partial charge in [-0.15, -0.1) is 0 Å². The first-order valence-electron chi connectivity index (χ1n) is 11.9. The quantitative estimate of drug-likeness (QED) is 0.175. The van der Waals surface area contributed by atoms with Gasteiger partial charge < -0.3 is 14.0 Å². The van der Waals surface area contributed by atoms with E-state index in [1.54, 1.807) is 13.2 Å². The average Bonchev–Trinajstić information content (AvgIpc) is 3.21. The molecular formula is C29H28Cl2N2O3S. The molecule has 192 valence electrons. The summed E-state index contributed by atoms with van der Waals surface area (Å²) in [5, 5.41) is 1.98. The second-order valence-electron chi connectivity index (χ2n) is 8.80. The predicted octanol–water partition coefficient (Wildman–Crippen LogP) is 8.07. The minimum absolute atomic E-state index is 0.00399. The zero-order chi connectivity index (χ0) is 26.4. The van der Waals surface area contributed by atoms with Gasteiger partial charge in [-0.2, -0.15) is 0 Å². The Bertz CT molecular complexity index is 1340. The molecule has 1 heterocycles. The monoisotopic (exact) mass is 554 g/mol. The van der Waals surface area contributed by atoms with Crippen LogP contribution in [-0.4, -0.2) is 22.4 Å². The number of methoxy groups -OCH3 is 1. The molecular weight excluding hydrogens is 527 g/mol. The van der Waals surface area contributed by atoms with Crippen LogP contribution in [0.25, 0.3) is 0 Å². The van der Waals surface area contributed by atoms with E-state index in [0.29, 0.717) is 28.0 Å². The fourth-order valence-electron chi connectivity index (χ4n) is 3.80. The van der Waals surface area contributed by atoms with Crippen LogP contribution in [0.4, 0.5) is 0 Å². The minimum Gasteiger partial charge on any atom is -0.497 e. The summed E-state index contributed by atoms with van der Waals surface area (Å²) < 4.78 is 13.2. The molecule has 1 aromatic heterocycles. The third-order valence-corrected chi connectivity index (χ3v) is 7.21. The Kier molecular flexibility index (Phi) is 9.33. The van der Waals surface area contributed by atoms with Gasteiger partial charge in [0.25, 0.3) is 0 Å². The van der Waals surface area contributed by atoms with Crippen molar-refractivity contribution in [1.29, 1.82) is 0 Å². The van der Waals surface area contributed by atoms with Crippen LogP contribution in [0.2, 0.25) is 10.0 Å². The van der Waals surface area contributed by atoms with E-state index >= 15 is 0 Å². The average molecular weight is 556 g/mol. The third kappa shape index (κ3) is 7.17. The number of carbonyl (C=O) groups is 1. The number of carbonyl (C=O) groups excluding carboxylic acids is 1. The lowest BCUT2D eigenvalue weighted by molar-refractivity contribution is 0.0920. The molecule has 4 aromatic rings. The number of hydrogen-bond acceptors (Lipinski definition) is 5. The predicted molar refractivity (Wildman–Crippen MR) is 149 cm³/mol. The summed E-state index contributed by atoms with van der Waals surface area (Å²) in [6, 6.07) is 22.4. The van der Waals surface area contributed by atoms with E-state index < -0.39 is 0 Å². The summed E-state index contributed by atoms with van der Waals surface area (Å²) in [6.07, 6.45) is 0. The summed E-state index contributed by atoms with van der Waals surface area (Å²) in [6.45, 7) is 4.98. The van der Waals surface area contributed by atoms with Gasteiger partial charge in [0, 0.05) is 20.5 Å². The second kappa shape index (κ2) is 12.7. The van der Waals surface area contributed by atoms with Crippen LogP contribution in [0.3, 0.4) is 0 Å². The Morgan fingerprint density at radius 3 is 2.27 bits per heavy atom. The van der Waals surface area contributed by atoms with E-state index in [2.05, 4.69) is 13.8 Å². The number of benzene rings is 3. The van der Waals surface area contributed by atoms with E-state index in [-0.39, 0.29) is 24.9 Å². The molecule has 5 nitrogen and oxygen atoms in total. The molecule has 8 heteroatoms. The number of ether oxygens (including phenoxy) is 2. The molecule has 0 atom stereocenters. The van der Waals surface area contributed by atoms with Gasteiger partial charge in [0.05, 0.1) is 26.0 Å². The van der Waals surface area contributed by atoms with Crippen LogP contribution in [-0.2, 0) is 24.5 Å². The van der Waals surface area contributed by atoms with Gasteiger partial charge in [-0.05, 0) is 41.8 Å². The lowest BCUT2D eigenvalue weighted by Gasteiger charge is -2.14. The van der Waals surface area contributed by atoms with E-state index in [0.717, 1.165) is 26.9 Å². The SMILES string of the molecule is COc1ccc(COCc2nc(C(C)C)c(Sc3cc(Cl)cc(Cl)c3)n2CC(=O)c2ccccc2)cc1. The van der Waals surface area contributed by atoms with E-state index in [1.807, 2.05) is 71.3 Å². The number of halogens is 2. The van der Waals surface area contributed by atoms with Gasteiger partial charge in [-0.3, -0.25) is 4.79 Å². The van der Waals surface area contributed by atoms with Crippen molar-refractivity contribution in [3.05, 3.63) is 105 Å². The van der Waals surface area contributed by atoms with Crippen LogP contribution < -0.4 is 4.74 Å². The van der Waals surface area contributed by atoms with Gasteiger partial charge in [0.2, 0.25) is 0 Å². The highest BCUT2D eigenvalue weighted by molar-refractivity contribution is 7.99. The van der Waals surface area contributed by atoms with E-state index in [4.69, 9.17) is 37.7 Å². The molecule has 4 rings (SSSR count). The summed E-state index contributed by atoms with van der Waals surface area (Å²) >= 11 is 14.0. The first-order chi connectivity index (χ1) is 17.8. The lowest BCUT2D eigenvalue weighted by atomic mass is 10.1. The first kappa shape index (κ1) is 27.3. The van der Waals surface area contributed by atoms with Crippen molar-refractivity contribution in [2.24, 2.45) is 0 Å². The van der Waals surface area contributed by atoms with Crippen LogP contribution in [0, 0.1) is 0 Å². The Morgan fingerprint density at radius 1 is 0.973 bits per heavy atom. The fraction of sp³-hybridized carbons (Fsp3) is 0.241. The number of nitrogens with zero attached hydrogens (tertiary/aromatic N) is 2. The Labute approximate surface area is 231 Å².